The van der Waals surface area contributed by atoms with Crippen LogP contribution in [0.15, 0.2) is 119 Å². The first-order valence-electron chi connectivity index (χ1n) is 25.3. The van der Waals surface area contributed by atoms with Gasteiger partial charge in [-0.25, -0.2) is 0 Å². The molecule has 0 aliphatic heterocycles. The molecule has 0 bridgehead atoms. The zero-order chi connectivity index (χ0) is 48.5. The quantitative estimate of drug-likeness (QED) is 0.0932. The number of rotatable bonds is 18. The van der Waals surface area contributed by atoms with E-state index in [1.165, 1.54) is 92.5 Å². The first kappa shape index (κ1) is 51.4. The zero-order valence-corrected chi connectivity index (χ0v) is 44.0. The second kappa shape index (κ2) is 22.4. The van der Waals surface area contributed by atoms with Crippen molar-refractivity contribution in [2.75, 3.05) is 26.4 Å². The van der Waals surface area contributed by atoms with E-state index in [4.69, 9.17) is 18.9 Å². The van der Waals surface area contributed by atoms with E-state index in [0.717, 1.165) is 48.7 Å². The molecule has 0 unspecified atom stereocenters. The van der Waals surface area contributed by atoms with Crippen molar-refractivity contribution in [3.63, 3.8) is 0 Å². The maximum atomic E-state index is 6.27. The summed E-state index contributed by atoms with van der Waals surface area (Å²) >= 11 is 0. The van der Waals surface area contributed by atoms with Crippen LogP contribution < -0.4 is 18.9 Å². The van der Waals surface area contributed by atoms with Crippen LogP contribution >= 0.6 is 0 Å². The fourth-order valence-corrected chi connectivity index (χ4v) is 11.2. The molecule has 0 heterocycles. The van der Waals surface area contributed by atoms with Gasteiger partial charge in [0.05, 0.1) is 0 Å². The molecule has 2 aliphatic rings. The highest BCUT2D eigenvalue weighted by Gasteiger charge is 2.48. The van der Waals surface area contributed by atoms with Crippen LogP contribution in [0, 0.1) is 44.9 Å². The SMILES string of the molecule is CC(C)=CCOc1ccc(C2(c3ccc(OCC=C(C)C)c(C)c3)CCC(C(C)(C)C3CCC(c4ccc(OCC=C(C)C)c(C)c4)(c4ccc(OCC=C(C)C)c(C)c4)CC3)CC2)cc1C. The second-order valence-corrected chi connectivity index (χ2v) is 21.8. The van der Waals surface area contributed by atoms with Crippen molar-refractivity contribution in [2.45, 2.75) is 159 Å². The number of hydrogen-bond donors (Lipinski definition) is 0. The van der Waals surface area contributed by atoms with Gasteiger partial charge in [0, 0.05) is 10.8 Å². The fraction of sp³-hybridized carbons (Fsp3) is 0.492. The predicted octanol–water partition coefficient (Wildman–Crippen LogP) is 17.0. The number of hydrogen-bond acceptors (Lipinski definition) is 4. The van der Waals surface area contributed by atoms with E-state index in [9.17, 15) is 0 Å². The van der Waals surface area contributed by atoms with Gasteiger partial charge in [-0.05, 0) is 245 Å². The summed E-state index contributed by atoms with van der Waals surface area (Å²) < 4.78 is 25.1. The summed E-state index contributed by atoms with van der Waals surface area (Å²) in [4.78, 5) is 0. The molecule has 4 aromatic rings. The Labute approximate surface area is 407 Å². The molecule has 0 radical (unpaired) electrons. The van der Waals surface area contributed by atoms with Gasteiger partial charge in [-0.3, -0.25) is 0 Å². The summed E-state index contributed by atoms with van der Waals surface area (Å²) in [6, 6.07) is 28.0. The Bertz CT molecular complexity index is 2110. The molecule has 0 atom stereocenters. The van der Waals surface area contributed by atoms with Gasteiger partial charge in [-0.2, -0.15) is 0 Å². The van der Waals surface area contributed by atoms with Gasteiger partial charge in [0.25, 0.3) is 0 Å². The summed E-state index contributed by atoms with van der Waals surface area (Å²) in [6.45, 7) is 33.4. The van der Waals surface area contributed by atoms with Crippen molar-refractivity contribution in [2.24, 2.45) is 17.3 Å². The van der Waals surface area contributed by atoms with Crippen LogP contribution in [0.1, 0.15) is 165 Å². The molecule has 6 rings (SSSR count). The number of allylic oxidation sites excluding steroid dienone is 4. The highest BCUT2D eigenvalue weighted by Crippen LogP contribution is 2.57. The third-order valence-electron chi connectivity index (χ3n) is 15.6. The lowest BCUT2D eigenvalue weighted by molar-refractivity contribution is 0.0364. The van der Waals surface area contributed by atoms with E-state index in [1.54, 1.807) is 0 Å². The minimum absolute atomic E-state index is 0.0838. The van der Waals surface area contributed by atoms with Crippen LogP contribution in [0.4, 0.5) is 0 Å². The van der Waals surface area contributed by atoms with Crippen LogP contribution in [0.3, 0.4) is 0 Å². The summed E-state index contributed by atoms with van der Waals surface area (Å²) in [5, 5.41) is 0. The number of ether oxygens (including phenoxy) is 4. The Kier molecular flexibility index (Phi) is 17.2. The summed E-state index contributed by atoms with van der Waals surface area (Å²) in [5.41, 5.74) is 15.5. The van der Waals surface area contributed by atoms with E-state index in [2.05, 4.69) is 194 Å². The molecule has 2 fully saturated rings. The Morgan fingerprint density at radius 2 is 0.642 bits per heavy atom. The Hall–Kier alpha value is -4.96. The molecule has 0 amide bonds. The highest BCUT2D eigenvalue weighted by molar-refractivity contribution is 5.50. The third-order valence-corrected chi connectivity index (χ3v) is 15.6. The van der Waals surface area contributed by atoms with Gasteiger partial charge in [0.1, 0.15) is 49.4 Å². The zero-order valence-electron chi connectivity index (χ0n) is 44.0. The van der Waals surface area contributed by atoms with E-state index in [1.807, 2.05) is 0 Å². The Morgan fingerprint density at radius 3 is 0.836 bits per heavy atom. The van der Waals surface area contributed by atoms with Gasteiger partial charge >= 0.3 is 0 Å². The predicted molar refractivity (Wildman–Crippen MR) is 284 cm³/mol. The Balaban J connectivity index is 1.27. The number of benzene rings is 4. The van der Waals surface area contributed by atoms with Crippen molar-refractivity contribution >= 4 is 0 Å². The van der Waals surface area contributed by atoms with Crippen LogP contribution in [-0.4, -0.2) is 26.4 Å². The number of aryl methyl sites for hydroxylation is 4. The molecule has 2 saturated carbocycles. The largest absolute Gasteiger partial charge is 0.489 e. The normalized spacial score (nSPS) is 16.1. The van der Waals surface area contributed by atoms with Crippen molar-refractivity contribution in [3.05, 3.63) is 164 Å². The molecule has 4 aromatic carbocycles. The van der Waals surface area contributed by atoms with Crippen LogP contribution in [0.25, 0.3) is 0 Å². The van der Waals surface area contributed by atoms with Gasteiger partial charge in [-0.1, -0.05) is 84.7 Å². The summed E-state index contributed by atoms with van der Waals surface area (Å²) in [5.74, 6) is 5.15. The van der Waals surface area contributed by atoms with Crippen molar-refractivity contribution in [3.8, 4) is 23.0 Å². The van der Waals surface area contributed by atoms with Gasteiger partial charge in [0.15, 0.2) is 0 Å². The second-order valence-electron chi connectivity index (χ2n) is 21.8. The lowest BCUT2D eigenvalue weighted by Crippen LogP contribution is -2.43. The maximum absolute atomic E-state index is 6.27. The highest BCUT2D eigenvalue weighted by atomic mass is 16.5. The minimum atomic E-state index is -0.0838. The molecule has 360 valence electrons. The molecule has 4 nitrogen and oxygen atoms in total. The molecular weight excluding hydrogens is 821 g/mol. The van der Waals surface area contributed by atoms with E-state index in [0.29, 0.717) is 38.3 Å². The van der Waals surface area contributed by atoms with Gasteiger partial charge < -0.3 is 18.9 Å². The lowest BCUT2D eigenvalue weighted by Gasteiger charge is -2.52. The van der Waals surface area contributed by atoms with E-state index in [-0.39, 0.29) is 16.2 Å². The molecule has 2 aliphatic carbocycles. The summed E-state index contributed by atoms with van der Waals surface area (Å²) in [7, 11) is 0. The Morgan fingerprint density at radius 1 is 0.418 bits per heavy atom. The van der Waals surface area contributed by atoms with Crippen molar-refractivity contribution in [1.82, 2.24) is 0 Å². The molecule has 0 spiro atoms. The van der Waals surface area contributed by atoms with E-state index >= 15 is 0 Å². The smallest absolute Gasteiger partial charge is 0.122 e. The first-order valence-corrected chi connectivity index (χ1v) is 25.3. The minimum Gasteiger partial charge on any atom is -0.489 e. The fourth-order valence-electron chi connectivity index (χ4n) is 11.2. The molecule has 67 heavy (non-hydrogen) atoms. The maximum Gasteiger partial charge on any atom is 0.122 e. The van der Waals surface area contributed by atoms with Crippen LogP contribution in [0.2, 0.25) is 0 Å². The standard InChI is InChI=1S/C63H84O4/c1-43(2)27-35-64-57-19-15-53(39-47(57)9)62(54-16-20-58(48(10)40-54)65-36-28-44(3)4)31-23-51(24-32-62)61(13,14)52-25-33-63(34-26-52,55-17-21-59(49(11)41-55)66-37-29-45(5)6)56-18-22-60(50(12)42-56)67-38-30-46(7)8/h15-22,27-30,39-42,51-52H,23-26,31-38H2,1-14H3. The molecule has 0 saturated heterocycles. The molecule has 0 aromatic heterocycles. The average molecular weight is 905 g/mol. The first-order chi connectivity index (χ1) is 31.8. The van der Waals surface area contributed by atoms with Crippen LogP contribution in [0.5, 0.6) is 23.0 Å². The molecule has 0 N–H and O–H groups in total. The molecular formula is C63H84O4. The van der Waals surface area contributed by atoms with Crippen molar-refractivity contribution < 1.29 is 18.9 Å². The monoisotopic (exact) mass is 905 g/mol. The van der Waals surface area contributed by atoms with Gasteiger partial charge in [-0.15, -0.1) is 0 Å². The van der Waals surface area contributed by atoms with Crippen molar-refractivity contribution in [1.29, 1.82) is 0 Å². The average Bonchev–Trinajstić information content (AvgIpc) is 3.28. The topological polar surface area (TPSA) is 36.9 Å². The van der Waals surface area contributed by atoms with E-state index < -0.39 is 0 Å². The van der Waals surface area contributed by atoms with Crippen LogP contribution in [-0.2, 0) is 10.8 Å². The third kappa shape index (κ3) is 12.4. The summed E-state index contributed by atoms with van der Waals surface area (Å²) in [6.07, 6.45) is 17.9. The van der Waals surface area contributed by atoms with Gasteiger partial charge in [0.2, 0.25) is 0 Å². The lowest BCUT2D eigenvalue weighted by atomic mass is 9.53. The molecule has 4 heteroatoms.